The van der Waals surface area contributed by atoms with E-state index in [4.69, 9.17) is 14.2 Å². The Morgan fingerprint density at radius 2 is 1.90 bits per heavy atom. The first-order valence-corrected chi connectivity index (χ1v) is 15.5. The molecule has 8 heteroatoms. The molecule has 1 aromatic heterocycles. The van der Waals surface area contributed by atoms with Crippen LogP contribution in [0.25, 0.3) is 0 Å². The van der Waals surface area contributed by atoms with Crippen LogP contribution in [0.1, 0.15) is 62.6 Å². The molecule has 1 unspecified atom stereocenters. The van der Waals surface area contributed by atoms with Gasteiger partial charge < -0.3 is 24.4 Å². The summed E-state index contributed by atoms with van der Waals surface area (Å²) in [6.45, 7) is 1.54. The predicted octanol–water partition coefficient (Wildman–Crippen LogP) is 5.78. The van der Waals surface area contributed by atoms with Gasteiger partial charge in [-0.1, -0.05) is 43.2 Å². The molecule has 3 aromatic rings. The molecule has 0 radical (unpaired) electrons. The summed E-state index contributed by atoms with van der Waals surface area (Å²) in [4.78, 5) is 14.1. The van der Waals surface area contributed by atoms with E-state index in [9.17, 15) is 4.79 Å². The Bertz CT molecular complexity index is 1230. The quantitative estimate of drug-likeness (QED) is 0.254. The van der Waals surface area contributed by atoms with Crippen molar-refractivity contribution >= 4 is 5.91 Å². The van der Waals surface area contributed by atoms with E-state index >= 15 is 0 Å². The monoisotopic (exact) mass is 574 g/mol. The molecule has 2 heterocycles. The molecule has 1 aliphatic heterocycles. The number of fused-ring (bicyclic) bond motifs is 1. The molecule has 1 fully saturated rings. The molecular weight excluding hydrogens is 528 g/mol. The van der Waals surface area contributed by atoms with Crippen LogP contribution < -0.4 is 19.5 Å². The molecular formula is C34H46N4O4. The number of carbonyl (C=O) groups is 1. The molecule has 1 aliphatic carbocycles. The van der Waals surface area contributed by atoms with Crippen LogP contribution >= 0.6 is 0 Å². The fourth-order valence-corrected chi connectivity index (χ4v) is 6.21. The zero-order chi connectivity index (χ0) is 29.1. The van der Waals surface area contributed by atoms with Gasteiger partial charge in [-0.15, -0.1) is 0 Å². The third-order valence-corrected chi connectivity index (χ3v) is 8.51. The van der Waals surface area contributed by atoms with E-state index in [2.05, 4.69) is 33.7 Å². The van der Waals surface area contributed by atoms with Crippen molar-refractivity contribution in [2.45, 2.75) is 76.5 Å². The highest BCUT2D eigenvalue weighted by Gasteiger charge is 2.27. The second-order valence-corrected chi connectivity index (χ2v) is 12.3. The van der Waals surface area contributed by atoms with Crippen molar-refractivity contribution < 1.29 is 19.0 Å². The minimum Gasteiger partial charge on any atom is -0.489 e. The van der Waals surface area contributed by atoms with Crippen molar-refractivity contribution in [3.05, 3.63) is 72.1 Å². The topological polar surface area (TPSA) is 88.7 Å². The van der Waals surface area contributed by atoms with Gasteiger partial charge >= 0.3 is 0 Å². The molecule has 8 nitrogen and oxygen atoms in total. The molecule has 1 saturated carbocycles. The Balaban J connectivity index is 1.12. The zero-order valence-electron chi connectivity index (χ0n) is 25.1. The lowest BCUT2D eigenvalue weighted by atomic mass is 9.80. The van der Waals surface area contributed by atoms with Crippen LogP contribution in [0.4, 0.5) is 0 Å². The van der Waals surface area contributed by atoms with E-state index in [1.165, 1.54) is 31.4 Å². The summed E-state index contributed by atoms with van der Waals surface area (Å²) >= 11 is 0. The summed E-state index contributed by atoms with van der Waals surface area (Å²) < 4.78 is 18.7. The van der Waals surface area contributed by atoms with Crippen LogP contribution in [0.2, 0.25) is 0 Å². The van der Waals surface area contributed by atoms with Gasteiger partial charge in [-0.3, -0.25) is 9.89 Å². The number of aryl methyl sites for hydroxylation is 1. The smallest absolute Gasteiger partial charge is 0.234 e. The summed E-state index contributed by atoms with van der Waals surface area (Å²) in [6.07, 6.45) is 11.8. The highest BCUT2D eigenvalue weighted by Crippen LogP contribution is 2.38. The normalized spacial score (nSPS) is 20.7. The molecule has 0 bridgehead atoms. The van der Waals surface area contributed by atoms with E-state index in [1.54, 1.807) is 0 Å². The molecule has 2 N–H and O–H groups in total. The number of hydrogen-bond acceptors (Lipinski definition) is 6. The maximum absolute atomic E-state index is 12.2. The molecule has 0 saturated heterocycles. The summed E-state index contributed by atoms with van der Waals surface area (Å²) in [6, 6.07) is 18.4. The van der Waals surface area contributed by atoms with Gasteiger partial charge in [-0.05, 0) is 94.6 Å². The van der Waals surface area contributed by atoms with Gasteiger partial charge in [0, 0.05) is 24.0 Å². The third-order valence-electron chi connectivity index (χ3n) is 8.51. The number of amides is 1. The van der Waals surface area contributed by atoms with Gasteiger partial charge in [0.2, 0.25) is 5.91 Å². The minimum atomic E-state index is 0.0104. The van der Waals surface area contributed by atoms with E-state index < -0.39 is 0 Å². The molecule has 226 valence electrons. The van der Waals surface area contributed by atoms with E-state index in [1.807, 2.05) is 61.6 Å². The molecule has 2 aromatic carbocycles. The largest absolute Gasteiger partial charge is 0.489 e. The maximum atomic E-state index is 12.2. The number of benzene rings is 2. The van der Waals surface area contributed by atoms with Crippen molar-refractivity contribution in [1.29, 1.82) is 0 Å². The number of carbonyl (C=O) groups excluding carboxylic acids is 1. The number of H-pyrrole nitrogens is 1. The van der Waals surface area contributed by atoms with Crippen molar-refractivity contribution in [3.8, 4) is 17.2 Å². The first kappa shape index (κ1) is 30.0. The number of nitrogens with one attached hydrogen (secondary N) is 2. The van der Waals surface area contributed by atoms with Crippen LogP contribution in [0.3, 0.4) is 0 Å². The van der Waals surface area contributed by atoms with E-state index in [0.717, 1.165) is 60.8 Å². The Labute approximate surface area is 250 Å². The Morgan fingerprint density at radius 1 is 1.07 bits per heavy atom. The molecule has 2 aliphatic rings. The third kappa shape index (κ3) is 9.24. The number of aromatic nitrogens is 2. The lowest BCUT2D eigenvalue weighted by Crippen LogP contribution is -2.41. The average Bonchev–Trinajstić information content (AvgIpc) is 3.52. The first-order valence-electron chi connectivity index (χ1n) is 15.5. The van der Waals surface area contributed by atoms with Crippen molar-refractivity contribution in [3.63, 3.8) is 0 Å². The highest BCUT2D eigenvalue weighted by atomic mass is 16.6. The Morgan fingerprint density at radius 3 is 2.67 bits per heavy atom. The molecule has 0 spiro atoms. The van der Waals surface area contributed by atoms with Crippen LogP contribution in [-0.4, -0.2) is 60.4 Å². The molecule has 1 amide bonds. The minimum absolute atomic E-state index is 0.0104. The van der Waals surface area contributed by atoms with E-state index in [-0.39, 0.29) is 12.0 Å². The van der Waals surface area contributed by atoms with Gasteiger partial charge in [0.25, 0.3) is 0 Å². The second-order valence-electron chi connectivity index (χ2n) is 12.3. The molecule has 2 atom stereocenters. The number of aromatic amines is 1. The fraction of sp³-hybridized carbons (Fsp3) is 0.529. The van der Waals surface area contributed by atoms with Gasteiger partial charge in [0.15, 0.2) is 11.5 Å². The summed E-state index contributed by atoms with van der Waals surface area (Å²) in [7, 11) is 3.86. The SMILES string of the molecule is CN(C)CC(=O)N[C@H]1CC[C@@H](CCC(CCc2ccn[nH]2)C[C@@H]2COc3ccc(OCc4ccccc4)cc3O2)CC1. The molecule has 42 heavy (non-hydrogen) atoms. The van der Waals surface area contributed by atoms with Crippen molar-refractivity contribution in [2.75, 3.05) is 27.2 Å². The number of rotatable bonds is 14. The van der Waals surface area contributed by atoms with Crippen molar-refractivity contribution in [2.24, 2.45) is 11.8 Å². The summed E-state index contributed by atoms with van der Waals surface area (Å²) in [5.74, 6) is 3.70. The number of ether oxygens (including phenoxy) is 3. The Kier molecular flexibility index (Phi) is 10.8. The van der Waals surface area contributed by atoms with Gasteiger partial charge in [0.1, 0.15) is 25.1 Å². The van der Waals surface area contributed by atoms with Crippen LogP contribution in [-0.2, 0) is 17.8 Å². The maximum Gasteiger partial charge on any atom is 0.234 e. The van der Waals surface area contributed by atoms with Gasteiger partial charge in [0.05, 0.1) is 6.54 Å². The fourth-order valence-electron chi connectivity index (χ4n) is 6.21. The van der Waals surface area contributed by atoms with Crippen molar-refractivity contribution in [1.82, 2.24) is 20.4 Å². The summed E-state index contributed by atoms with van der Waals surface area (Å²) in [5.41, 5.74) is 2.31. The van der Waals surface area contributed by atoms with E-state index in [0.29, 0.717) is 31.7 Å². The average molecular weight is 575 g/mol. The predicted molar refractivity (Wildman–Crippen MR) is 164 cm³/mol. The lowest BCUT2D eigenvalue weighted by Gasteiger charge is -2.32. The number of nitrogens with zero attached hydrogens (tertiary/aromatic N) is 2. The lowest BCUT2D eigenvalue weighted by molar-refractivity contribution is -0.122. The summed E-state index contributed by atoms with van der Waals surface area (Å²) in [5, 5.41) is 10.5. The highest BCUT2D eigenvalue weighted by molar-refractivity contribution is 5.78. The first-order chi connectivity index (χ1) is 20.5. The van der Waals surface area contributed by atoms with Crippen LogP contribution in [0.5, 0.6) is 17.2 Å². The van der Waals surface area contributed by atoms with Gasteiger partial charge in [-0.25, -0.2) is 0 Å². The standard InChI is InChI=1S/C34H46N4O4/c1-38(2)22-34(39)36-28-13-10-25(11-14-28)8-9-26(12-15-29-18-19-35-37-29)20-31-24-41-32-17-16-30(21-33(32)42-31)40-23-27-6-4-3-5-7-27/h3-7,16-19,21,25-26,28,31H,8-15,20,22-24H2,1-2H3,(H,35,37)(H,36,39)/t25-,26?,28+,31-/m1/s1. The van der Waals surface area contributed by atoms with Crippen LogP contribution in [0, 0.1) is 11.8 Å². The van der Waals surface area contributed by atoms with Gasteiger partial charge in [-0.2, -0.15) is 5.10 Å². The number of hydrogen-bond donors (Lipinski definition) is 2. The number of likely N-dealkylation sites (N-methyl/N-ethyl adjacent to an activating group) is 1. The molecule has 5 rings (SSSR count). The zero-order valence-corrected chi connectivity index (χ0v) is 25.1. The van der Waals surface area contributed by atoms with Crippen LogP contribution in [0.15, 0.2) is 60.8 Å². The second kappa shape index (κ2) is 15.1. The Hall–Kier alpha value is -3.52.